The highest BCUT2D eigenvalue weighted by molar-refractivity contribution is 6.35. The average molecular weight is 231 g/mol. The van der Waals surface area contributed by atoms with Gasteiger partial charge in [-0.25, -0.2) is 0 Å². The summed E-state index contributed by atoms with van der Waals surface area (Å²) in [6.45, 7) is 1.83. The third-order valence-electron chi connectivity index (χ3n) is 1.96. The first-order valence-corrected chi connectivity index (χ1v) is 4.79. The average Bonchev–Trinajstić information content (AvgIpc) is 2.57. The standard InChI is InChI=1S/C9H8Cl2N2O/c1-5-3-6(9(11)14-5)8-7(10)4-12-13(8)2/h3-4H,1-2H3. The first kappa shape index (κ1) is 9.62. The molecule has 0 unspecified atom stereocenters. The highest BCUT2D eigenvalue weighted by Gasteiger charge is 2.15. The number of nitrogens with zero attached hydrogens (tertiary/aromatic N) is 2. The second-order valence-corrected chi connectivity index (χ2v) is 3.76. The van der Waals surface area contributed by atoms with Gasteiger partial charge in [-0.3, -0.25) is 4.68 Å². The molecule has 0 radical (unpaired) electrons. The van der Waals surface area contributed by atoms with Crippen molar-refractivity contribution >= 4 is 23.2 Å². The molecule has 0 aromatic carbocycles. The van der Waals surface area contributed by atoms with Crippen molar-refractivity contribution in [2.75, 3.05) is 0 Å². The number of rotatable bonds is 1. The molecular weight excluding hydrogens is 223 g/mol. The molecule has 0 aliphatic rings. The van der Waals surface area contributed by atoms with E-state index in [9.17, 15) is 0 Å². The van der Waals surface area contributed by atoms with Gasteiger partial charge in [-0.15, -0.1) is 0 Å². The number of halogens is 2. The summed E-state index contributed by atoms with van der Waals surface area (Å²) in [4.78, 5) is 0. The van der Waals surface area contributed by atoms with Crippen LogP contribution in [-0.2, 0) is 7.05 Å². The summed E-state index contributed by atoms with van der Waals surface area (Å²) in [5.41, 5.74) is 1.54. The van der Waals surface area contributed by atoms with Crippen LogP contribution in [0.3, 0.4) is 0 Å². The summed E-state index contributed by atoms with van der Waals surface area (Å²) in [5, 5.41) is 4.93. The monoisotopic (exact) mass is 230 g/mol. The Labute approximate surface area is 91.2 Å². The molecule has 3 nitrogen and oxygen atoms in total. The SMILES string of the molecule is Cc1cc(-c2c(Cl)cnn2C)c(Cl)o1. The smallest absolute Gasteiger partial charge is 0.202 e. The Balaban J connectivity index is 2.65. The first-order valence-electron chi connectivity index (χ1n) is 4.03. The lowest BCUT2D eigenvalue weighted by Gasteiger charge is -1.98. The maximum atomic E-state index is 5.98. The van der Waals surface area contributed by atoms with E-state index < -0.39 is 0 Å². The Kier molecular flexibility index (Phi) is 2.29. The van der Waals surface area contributed by atoms with Crippen LogP contribution in [0.15, 0.2) is 16.7 Å². The largest absolute Gasteiger partial charge is 0.449 e. The zero-order valence-electron chi connectivity index (χ0n) is 7.71. The minimum atomic E-state index is 0.341. The molecule has 0 fully saturated rings. The summed E-state index contributed by atoms with van der Waals surface area (Å²) in [6, 6.07) is 1.84. The van der Waals surface area contributed by atoms with Gasteiger partial charge in [0.25, 0.3) is 0 Å². The van der Waals surface area contributed by atoms with Crippen LogP contribution >= 0.6 is 23.2 Å². The fourth-order valence-electron chi connectivity index (χ4n) is 1.36. The van der Waals surface area contributed by atoms with E-state index in [1.54, 1.807) is 17.9 Å². The predicted molar refractivity (Wildman–Crippen MR) is 55.7 cm³/mol. The van der Waals surface area contributed by atoms with Gasteiger partial charge in [0.05, 0.1) is 22.5 Å². The van der Waals surface area contributed by atoms with E-state index in [0.29, 0.717) is 10.2 Å². The molecule has 14 heavy (non-hydrogen) atoms. The van der Waals surface area contributed by atoms with Crippen molar-refractivity contribution in [1.29, 1.82) is 0 Å². The fourth-order valence-corrected chi connectivity index (χ4v) is 1.89. The van der Waals surface area contributed by atoms with Crippen LogP contribution in [0.5, 0.6) is 0 Å². The van der Waals surface area contributed by atoms with Crippen LogP contribution in [0.2, 0.25) is 10.2 Å². The van der Waals surface area contributed by atoms with E-state index in [0.717, 1.165) is 17.0 Å². The van der Waals surface area contributed by atoms with Crippen LogP contribution in [0.1, 0.15) is 5.76 Å². The van der Waals surface area contributed by atoms with Crippen LogP contribution in [0.25, 0.3) is 11.3 Å². The third kappa shape index (κ3) is 1.42. The van der Waals surface area contributed by atoms with Gasteiger partial charge in [-0.2, -0.15) is 5.10 Å². The Morgan fingerprint density at radius 3 is 2.57 bits per heavy atom. The first-order chi connectivity index (χ1) is 6.59. The Hall–Kier alpha value is -0.930. The van der Waals surface area contributed by atoms with Gasteiger partial charge in [0.15, 0.2) is 0 Å². The van der Waals surface area contributed by atoms with E-state index >= 15 is 0 Å². The van der Waals surface area contributed by atoms with Crippen molar-refractivity contribution < 1.29 is 4.42 Å². The third-order valence-corrected chi connectivity index (χ3v) is 2.52. The number of furan rings is 1. The molecular formula is C9H8Cl2N2O. The van der Waals surface area contributed by atoms with E-state index in [1.807, 2.05) is 13.0 Å². The normalized spacial score (nSPS) is 10.9. The van der Waals surface area contributed by atoms with E-state index in [1.165, 1.54) is 0 Å². The Bertz CT molecular complexity index is 454. The van der Waals surface area contributed by atoms with Crippen LogP contribution in [0.4, 0.5) is 0 Å². The molecule has 2 aromatic heterocycles. The molecule has 2 aromatic rings. The van der Waals surface area contributed by atoms with Crippen LogP contribution in [-0.4, -0.2) is 9.78 Å². The number of hydrogen-bond acceptors (Lipinski definition) is 2. The zero-order valence-corrected chi connectivity index (χ0v) is 9.23. The van der Waals surface area contributed by atoms with E-state index in [-0.39, 0.29) is 0 Å². The summed E-state index contributed by atoms with van der Waals surface area (Å²) in [7, 11) is 1.81. The maximum Gasteiger partial charge on any atom is 0.202 e. The molecule has 0 saturated carbocycles. The lowest BCUT2D eigenvalue weighted by Crippen LogP contribution is -1.92. The molecule has 0 spiro atoms. The molecule has 2 heterocycles. The second kappa shape index (κ2) is 3.33. The van der Waals surface area contributed by atoms with Crippen molar-refractivity contribution in [2.45, 2.75) is 6.92 Å². The summed E-state index contributed by atoms with van der Waals surface area (Å²) in [6.07, 6.45) is 1.58. The quantitative estimate of drug-likeness (QED) is 0.753. The molecule has 0 N–H and O–H groups in total. The molecule has 0 atom stereocenters. The maximum absolute atomic E-state index is 5.98. The number of aromatic nitrogens is 2. The van der Waals surface area contributed by atoms with Gasteiger partial charge in [-0.05, 0) is 24.6 Å². The van der Waals surface area contributed by atoms with Crippen molar-refractivity contribution in [3.63, 3.8) is 0 Å². The van der Waals surface area contributed by atoms with Crippen molar-refractivity contribution in [1.82, 2.24) is 9.78 Å². The Morgan fingerprint density at radius 1 is 1.43 bits per heavy atom. The van der Waals surface area contributed by atoms with Crippen molar-refractivity contribution in [3.05, 3.63) is 28.3 Å². The molecule has 5 heteroatoms. The van der Waals surface area contributed by atoms with E-state index in [2.05, 4.69) is 5.10 Å². The van der Waals surface area contributed by atoms with Crippen molar-refractivity contribution in [3.8, 4) is 11.3 Å². The predicted octanol–water partition coefficient (Wildman–Crippen LogP) is 3.30. The van der Waals surface area contributed by atoms with Crippen LogP contribution in [0, 0.1) is 6.92 Å². The Morgan fingerprint density at radius 2 is 2.14 bits per heavy atom. The fraction of sp³-hybridized carbons (Fsp3) is 0.222. The van der Waals surface area contributed by atoms with Gasteiger partial charge >= 0.3 is 0 Å². The minimum absolute atomic E-state index is 0.341. The molecule has 0 aliphatic carbocycles. The lowest BCUT2D eigenvalue weighted by atomic mass is 10.2. The molecule has 0 bridgehead atoms. The summed E-state index contributed by atoms with van der Waals surface area (Å²) < 4.78 is 6.88. The zero-order chi connectivity index (χ0) is 10.3. The van der Waals surface area contributed by atoms with Gasteiger partial charge in [0.2, 0.25) is 5.22 Å². The summed E-state index contributed by atoms with van der Waals surface area (Å²) >= 11 is 11.9. The van der Waals surface area contributed by atoms with Gasteiger partial charge in [0.1, 0.15) is 5.76 Å². The lowest BCUT2D eigenvalue weighted by molar-refractivity contribution is 0.536. The molecule has 74 valence electrons. The summed E-state index contributed by atoms with van der Waals surface area (Å²) in [5.74, 6) is 0.752. The molecule has 0 saturated heterocycles. The number of aryl methyl sites for hydroxylation is 2. The minimum Gasteiger partial charge on any atom is -0.449 e. The second-order valence-electron chi connectivity index (χ2n) is 3.01. The van der Waals surface area contributed by atoms with Gasteiger partial charge < -0.3 is 4.42 Å². The molecule has 2 rings (SSSR count). The van der Waals surface area contributed by atoms with Crippen molar-refractivity contribution in [2.24, 2.45) is 7.05 Å². The number of hydrogen-bond donors (Lipinski definition) is 0. The van der Waals surface area contributed by atoms with E-state index in [4.69, 9.17) is 27.6 Å². The highest BCUT2D eigenvalue weighted by atomic mass is 35.5. The van der Waals surface area contributed by atoms with Crippen LogP contribution < -0.4 is 0 Å². The van der Waals surface area contributed by atoms with Gasteiger partial charge in [-0.1, -0.05) is 11.6 Å². The molecule has 0 aliphatic heterocycles. The highest BCUT2D eigenvalue weighted by Crippen LogP contribution is 2.34. The topological polar surface area (TPSA) is 31.0 Å². The van der Waals surface area contributed by atoms with Gasteiger partial charge in [0, 0.05) is 7.05 Å². The molecule has 0 amide bonds.